The van der Waals surface area contributed by atoms with E-state index in [0.717, 1.165) is 0 Å². The Kier molecular flexibility index (Phi) is 6.02. The number of benzene rings is 1. The average Bonchev–Trinajstić information content (AvgIpc) is 2.43. The lowest BCUT2D eigenvalue weighted by atomic mass is 10.1. The molecule has 0 heterocycles. The molecule has 21 heavy (non-hydrogen) atoms. The van der Waals surface area contributed by atoms with Gasteiger partial charge in [0, 0.05) is 18.3 Å². The Labute approximate surface area is 125 Å². The van der Waals surface area contributed by atoms with Crippen LogP contribution in [0.15, 0.2) is 18.2 Å². The molecule has 0 spiro atoms. The van der Waals surface area contributed by atoms with Crippen molar-refractivity contribution in [3.05, 3.63) is 23.8 Å². The highest BCUT2D eigenvalue weighted by atomic mass is 16.5. The minimum absolute atomic E-state index is 0.0719. The van der Waals surface area contributed by atoms with Crippen LogP contribution in [0.2, 0.25) is 0 Å². The van der Waals surface area contributed by atoms with Crippen LogP contribution in [0.1, 0.15) is 31.1 Å². The van der Waals surface area contributed by atoms with Crippen LogP contribution >= 0.6 is 0 Å². The van der Waals surface area contributed by atoms with Crippen LogP contribution in [-0.2, 0) is 9.53 Å². The quantitative estimate of drug-likeness (QED) is 0.612. The summed E-state index contributed by atoms with van der Waals surface area (Å²) in [6, 6.07) is 5.06. The maximum Gasteiger partial charge on any atom is 0.340 e. The number of hydrogen-bond donors (Lipinski definition) is 2. The number of carbonyl (C=O) groups is 2. The first kappa shape index (κ1) is 16.8. The van der Waals surface area contributed by atoms with Crippen molar-refractivity contribution in [1.82, 2.24) is 5.32 Å². The first-order chi connectivity index (χ1) is 9.88. The van der Waals surface area contributed by atoms with Gasteiger partial charge in [0.15, 0.2) is 0 Å². The standard InChI is InChI=1S/C15H23N3O3/c1-5-18(9-14(19)17-10(2)3)13-7-6-11(16)8-12(13)15(20)21-4/h6-8,10H,5,9,16H2,1-4H3,(H,17,19). The van der Waals surface area contributed by atoms with E-state index >= 15 is 0 Å². The third-order valence-corrected chi connectivity index (χ3v) is 2.93. The van der Waals surface area contributed by atoms with Gasteiger partial charge in [0.2, 0.25) is 5.91 Å². The molecule has 3 N–H and O–H groups in total. The van der Waals surface area contributed by atoms with Crippen LogP contribution in [0, 0.1) is 0 Å². The number of ether oxygens (including phenoxy) is 1. The Balaban J connectivity index is 3.05. The van der Waals surface area contributed by atoms with Crippen LogP contribution < -0.4 is 16.0 Å². The number of hydrogen-bond acceptors (Lipinski definition) is 5. The van der Waals surface area contributed by atoms with E-state index in [-0.39, 0.29) is 18.5 Å². The number of nitrogens with one attached hydrogen (secondary N) is 1. The van der Waals surface area contributed by atoms with E-state index in [9.17, 15) is 9.59 Å². The second-order valence-electron chi connectivity index (χ2n) is 5.00. The van der Waals surface area contributed by atoms with Gasteiger partial charge in [0.05, 0.1) is 24.9 Å². The first-order valence-electron chi connectivity index (χ1n) is 6.91. The van der Waals surface area contributed by atoms with E-state index in [0.29, 0.717) is 23.5 Å². The SMILES string of the molecule is CCN(CC(=O)NC(C)C)c1ccc(N)cc1C(=O)OC. The number of carbonyl (C=O) groups excluding carboxylic acids is 2. The summed E-state index contributed by atoms with van der Waals surface area (Å²) in [5, 5.41) is 2.83. The van der Waals surface area contributed by atoms with Gasteiger partial charge in [0.1, 0.15) is 0 Å². The fraction of sp³-hybridized carbons (Fsp3) is 0.467. The topological polar surface area (TPSA) is 84.7 Å². The molecule has 6 heteroatoms. The fourth-order valence-electron chi connectivity index (χ4n) is 2.01. The lowest BCUT2D eigenvalue weighted by molar-refractivity contribution is -0.120. The zero-order valence-corrected chi connectivity index (χ0v) is 13.0. The Morgan fingerprint density at radius 2 is 2.05 bits per heavy atom. The molecule has 0 bridgehead atoms. The summed E-state index contributed by atoms with van der Waals surface area (Å²) in [7, 11) is 1.32. The molecular weight excluding hydrogens is 270 g/mol. The van der Waals surface area contributed by atoms with Crippen molar-refractivity contribution in [2.45, 2.75) is 26.8 Å². The summed E-state index contributed by atoms with van der Waals surface area (Å²) < 4.78 is 4.77. The Hall–Kier alpha value is -2.24. The van der Waals surface area contributed by atoms with Gasteiger partial charge in [-0.25, -0.2) is 4.79 Å². The molecule has 0 radical (unpaired) electrons. The summed E-state index contributed by atoms with van der Waals surface area (Å²) in [6.07, 6.45) is 0. The minimum Gasteiger partial charge on any atom is -0.465 e. The molecule has 0 aromatic heterocycles. The van der Waals surface area contributed by atoms with Crippen molar-refractivity contribution in [3.63, 3.8) is 0 Å². The third-order valence-electron chi connectivity index (χ3n) is 2.93. The van der Waals surface area contributed by atoms with Gasteiger partial charge in [-0.05, 0) is 39.0 Å². The number of nitrogen functional groups attached to an aromatic ring is 1. The maximum absolute atomic E-state index is 11.9. The summed E-state index contributed by atoms with van der Waals surface area (Å²) in [4.78, 5) is 25.6. The van der Waals surface area contributed by atoms with Crippen LogP contribution in [0.3, 0.4) is 0 Å². The molecule has 0 aliphatic heterocycles. The number of likely N-dealkylation sites (N-methyl/N-ethyl adjacent to an activating group) is 1. The van der Waals surface area contributed by atoms with Crippen molar-refractivity contribution < 1.29 is 14.3 Å². The van der Waals surface area contributed by atoms with E-state index in [4.69, 9.17) is 10.5 Å². The number of amides is 1. The highest BCUT2D eigenvalue weighted by molar-refractivity contribution is 5.97. The lowest BCUT2D eigenvalue weighted by Crippen LogP contribution is -2.40. The smallest absolute Gasteiger partial charge is 0.340 e. The average molecular weight is 293 g/mol. The molecule has 0 aliphatic carbocycles. The van der Waals surface area contributed by atoms with E-state index in [1.54, 1.807) is 18.2 Å². The van der Waals surface area contributed by atoms with Gasteiger partial charge in [-0.2, -0.15) is 0 Å². The number of nitrogens with zero attached hydrogens (tertiary/aromatic N) is 1. The molecule has 0 saturated carbocycles. The van der Waals surface area contributed by atoms with Gasteiger partial charge < -0.3 is 20.7 Å². The Morgan fingerprint density at radius 1 is 1.38 bits per heavy atom. The summed E-state index contributed by atoms with van der Waals surface area (Å²) in [6.45, 7) is 6.47. The number of nitrogens with two attached hydrogens (primary N) is 1. The minimum atomic E-state index is -0.472. The first-order valence-corrected chi connectivity index (χ1v) is 6.91. The highest BCUT2D eigenvalue weighted by Gasteiger charge is 2.19. The van der Waals surface area contributed by atoms with E-state index in [1.807, 2.05) is 25.7 Å². The maximum atomic E-state index is 11.9. The molecule has 116 valence electrons. The van der Waals surface area contributed by atoms with Crippen molar-refractivity contribution in [1.29, 1.82) is 0 Å². The molecule has 0 atom stereocenters. The van der Waals surface area contributed by atoms with Gasteiger partial charge in [0.25, 0.3) is 0 Å². The van der Waals surface area contributed by atoms with Crippen LogP contribution in [0.5, 0.6) is 0 Å². The zero-order valence-electron chi connectivity index (χ0n) is 13.0. The monoisotopic (exact) mass is 293 g/mol. The molecule has 1 aromatic carbocycles. The van der Waals surface area contributed by atoms with Crippen LogP contribution in [0.4, 0.5) is 11.4 Å². The van der Waals surface area contributed by atoms with E-state index < -0.39 is 5.97 Å². The molecule has 1 amide bonds. The molecule has 0 unspecified atom stereocenters. The molecule has 0 saturated heterocycles. The predicted molar refractivity (Wildman–Crippen MR) is 83.4 cm³/mol. The molecule has 1 aromatic rings. The van der Waals surface area contributed by atoms with Crippen molar-refractivity contribution in [2.75, 3.05) is 30.8 Å². The second kappa shape index (κ2) is 7.52. The van der Waals surface area contributed by atoms with E-state index in [1.165, 1.54) is 7.11 Å². The van der Waals surface area contributed by atoms with Crippen molar-refractivity contribution in [2.24, 2.45) is 0 Å². The fourth-order valence-corrected chi connectivity index (χ4v) is 2.01. The normalized spacial score (nSPS) is 10.3. The Bertz CT molecular complexity index is 515. The summed E-state index contributed by atoms with van der Waals surface area (Å²) in [5.41, 5.74) is 7.19. The van der Waals surface area contributed by atoms with Crippen LogP contribution in [-0.4, -0.2) is 38.1 Å². The molecule has 1 rings (SSSR count). The molecule has 6 nitrogen and oxygen atoms in total. The molecular formula is C15H23N3O3. The third kappa shape index (κ3) is 4.66. The highest BCUT2D eigenvalue weighted by Crippen LogP contribution is 2.23. The molecule has 0 aliphatic rings. The number of methoxy groups -OCH3 is 1. The van der Waals surface area contributed by atoms with Gasteiger partial charge in [-0.3, -0.25) is 4.79 Å². The molecule has 0 fully saturated rings. The van der Waals surface area contributed by atoms with Crippen molar-refractivity contribution >= 4 is 23.3 Å². The summed E-state index contributed by atoms with van der Waals surface area (Å²) >= 11 is 0. The number of rotatable bonds is 6. The number of anilines is 2. The lowest BCUT2D eigenvalue weighted by Gasteiger charge is -2.25. The predicted octanol–water partition coefficient (Wildman–Crippen LogP) is 1.41. The van der Waals surface area contributed by atoms with Crippen molar-refractivity contribution in [3.8, 4) is 0 Å². The number of esters is 1. The summed E-state index contributed by atoms with van der Waals surface area (Å²) in [5.74, 6) is -0.570. The zero-order chi connectivity index (χ0) is 16.0. The Morgan fingerprint density at radius 3 is 2.57 bits per heavy atom. The largest absolute Gasteiger partial charge is 0.465 e. The van der Waals surface area contributed by atoms with Gasteiger partial charge in [-0.1, -0.05) is 0 Å². The van der Waals surface area contributed by atoms with Gasteiger partial charge in [-0.15, -0.1) is 0 Å². The van der Waals surface area contributed by atoms with E-state index in [2.05, 4.69) is 5.32 Å². The van der Waals surface area contributed by atoms with Gasteiger partial charge >= 0.3 is 5.97 Å². The van der Waals surface area contributed by atoms with Crippen LogP contribution in [0.25, 0.3) is 0 Å². The second-order valence-corrected chi connectivity index (χ2v) is 5.00.